The van der Waals surface area contributed by atoms with Gasteiger partial charge >= 0.3 is 5.97 Å². The van der Waals surface area contributed by atoms with Gasteiger partial charge in [-0.2, -0.15) is 5.26 Å². The Morgan fingerprint density at radius 3 is 2.75 bits per heavy atom. The molecule has 1 aromatic carbocycles. The summed E-state index contributed by atoms with van der Waals surface area (Å²) in [5.41, 5.74) is 0.495. The number of carbonyl (C=O) groups excluding carboxylic acids is 2. The van der Waals surface area contributed by atoms with E-state index < -0.39 is 0 Å². The van der Waals surface area contributed by atoms with Gasteiger partial charge < -0.3 is 19.1 Å². The lowest BCUT2D eigenvalue weighted by Crippen LogP contribution is -2.44. The zero-order valence-electron chi connectivity index (χ0n) is 19.5. The molecule has 32 heavy (non-hydrogen) atoms. The Balaban J connectivity index is 1.89. The predicted molar refractivity (Wildman–Crippen MR) is 121 cm³/mol. The molecule has 0 radical (unpaired) electrons. The molecule has 0 spiro atoms. The van der Waals surface area contributed by atoms with Crippen LogP contribution < -0.4 is 9.47 Å². The van der Waals surface area contributed by atoms with Crippen LogP contribution in [0.3, 0.4) is 0 Å². The summed E-state index contributed by atoms with van der Waals surface area (Å²) in [6.07, 6.45) is 3.29. The first kappa shape index (κ1) is 25.5. The fraction of sp³-hybridized carbons (Fsp3) is 0.625. The zero-order chi connectivity index (χ0) is 23.3. The van der Waals surface area contributed by atoms with Crippen LogP contribution in [0.5, 0.6) is 11.5 Å². The number of nitriles is 1. The normalized spacial score (nSPS) is 15.8. The Morgan fingerprint density at radius 2 is 2.06 bits per heavy atom. The van der Waals surface area contributed by atoms with Crippen molar-refractivity contribution in [2.24, 2.45) is 0 Å². The van der Waals surface area contributed by atoms with Gasteiger partial charge in [0.2, 0.25) is 5.91 Å². The van der Waals surface area contributed by atoms with Crippen LogP contribution in [0.4, 0.5) is 0 Å². The monoisotopic (exact) mass is 445 g/mol. The third kappa shape index (κ3) is 7.72. The summed E-state index contributed by atoms with van der Waals surface area (Å²) in [5, 5.41) is 9.00. The van der Waals surface area contributed by atoms with E-state index in [-0.39, 0.29) is 18.3 Å². The second-order valence-corrected chi connectivity index (χ2v) is 7.75. The molecule has 1 aromatic rings. The molecule has 0 N–H and O–H groups in total. The molecule has 1 atom stereocenters. The lowest BCUT2D eigenvalue weighted by atomic mass is 10.1. The predicted octanol–water partition coefficient (Wildman–Crippen LogP) is 2.99. The maximum atomic E-state index is 13.0. The van der Waals surface area contributed by atoms with Crippen LogP contribution in [-0.2, 0) is 14.3 Å². The number of likely N-dealkylation sites (tertiary alicyclic amines) is 1. The summed E-state index contributed by atoms with van der Waals surface area (Å²) in [6, 6.07) is 7.39. The van der Waals surface area contributed by atoms with E-state index in [0.717, 1.165) is 25.9 Å². The number of nitrogens with zero attached hydrogens (tertiary/aromatic N) is 3. The second kappa shape index (κ2) is 13.6. The topological polar surface area (TPSA) is 92.1 Å². The Kier molecular flexibility index (Phi) is 10.8. The van der Waals surface area contributed by atoms with Crippen molar-refractivity contribution in [1.82, 2.24) is 9.80 Å². The summed E-state index contributed by atoms with van der Waals surface area (Å²) in [7, 11) is 1.52. The maximum Gasteiger partial charge on any atom is 0.307 e. The number of esters is 1. The molecule has 1 heterocycles. The van der Waals surface area contributed by atoms with Crippen LogP contribution in [-0.4, -0.2) is 74.2 Å². The van der Waals surface area contributed by atoms with Gasteiger partial charge in [-0.1, -0.05) is 6.92 Å². The fourth-order valence-corrected chi connectivity index (χ4v) is 3.97. The SMILES string of the molecule is CCOC(=O)CCN(CC1CCCN1CC)C(=O)CCCOc1ccc(C#N)cc1OC. The molecule has 2 rings (SSSR count). The first-order chi connectivity index (χ1) is 15.5. The van der Waals surface area contributed by atoms with Gasteiger partial charge in [0.15, 0.2) is 11.5 Å². The molecule has 1 amide bonds. The third-order valence-electron chi connectivity index (χ3n) is 5.67. The van der Waals surface area contributed by atoms with Crippen LogP contribution in [0, 0.1) is 11.3 Å². The van der Waals surface area contributed by atoms with Gasteiger partial charge in [-0.25, -0.2) is 0 Å². The highest BCUT2D eigenvalue weighted by Crippen LogP contribution is 2.28. The van der Waals surface area contributed by atoms with E-state index in [1.54, 1.807) is 30.0 Å². The van der Waals surface area contributed by atoms with Crippen LogP contribution in [0.15, 0.2) is 18.2 Å². The van der Waals surface area contributed by atoms with Crippen LogP contribution >= 0.6 is 0 Å². The minimum absolute atomic E-state index is 0.0210. The minimum atomic E-state index is -0.277. The van der Waals surface area contributed by atoms with E-state index in [1.807, 2.05) is 0 Å². The number of rotatable bonds is 13. The van der Waals surface area contributed by atoms with Crippen molar-refractivity contribution >= 4 is 11.9 Å². The number of likely N-dealkylation sites (N-methyl/N-ethyl adjacent to an activating group) is 1. The molecular formula is C24H35N3O5. The largest absolute Gasteiger partial charge is 0.493 e. The van der Waals surface area contributed by atoms with Crippen LogP contribution in [0.25, 0.3) is 0 Å². The number of benzene rings is 1. The molecule has 1 unspecified atom stereocenters. The molecular weight excluding hydrogens is 410 g/mol. The zero-order valence-corrected chi connectivity index (χ0v) is 19.5. The first-order valence-electron chi connectivity index (χ1n) is 11.4. The number of methoxy groups -OCH3 is 1. The average Bonchev–Trinajstić information content (AvgIpc) is 3.26. The number of ether oxygens (including phenoxy) is 3. The highest BCUT2D eigenvalue weighted by Gasteiger charge is 2.27. The number of amides is 1. The molecule has 1 aliphatic heterocycles. The van der Waals surface area contributed by atoms with Gasteiger partial charge in [-0.05, 0) is 51.4 Å². The summed E-state index contributed by atoms with van der Waals surface area (Å²) in [4.78, 5) is 29.0. The molecule has 1 saturated heterocycles. The lowest BCUT2D eigenvalue weighted by molar-refractivity contribution is -0.144. The van der Waals surface area contributed by atoms with E-state index in [0.29, 0.717) is 62.2 Å². The fourth-order valence-electron chi connectivity index (χ4n) is 3.97. The van der Waals surface area contributed by atoms with E-state index in [1.165, 1.54) is 7.11 Å². The van der Waals surface area contributed by atoms with Crippen molar-refractivity contribution in [3.63, 3.8) is 0 Å². The lowest BCUT2D eigenvalue weighted by Gasteiger charge is -2.30. The highest BCUT2D eigenvalue weighted by molar-refractivity contribution is 5.77. The molecule has 0 saturated carbocycles. The average molecular weight is 446 g/mol. The Morgan fingerprint density at radius 1 is 1.25 bits per heavy atom. The van der Waals surface area contributed by atoms with E-state index in [2.05, 4.69) is 17.9 Å². The van der Waals surface area contributed by atoms with Crippen molar-refractivity contribution < 1.29 is 23.8 Å². The smallest absolute Gasteiger partial charge is 0.307 e. The van der Waals surface area contributed by atoms with Crippen molar-refractivity contribution in [3.8, 4) is 17.6 Å². The van der Waals surface area contributed by atoms with Crippen LogP contribution in [0.1, 0.15) is 51.5 Å². The Bertz CT molecular complexity index is 792. The molecule has 0 aromatic heterocycles. The first-order valence-corrected chi connectivity index (χ1v) is 11.4. The number of hydrogen-bond donors (Lipinski definition) is 0. The van der Waals surface area contributed by atoms with Gasteiger partial charge in [0.05, 0.1) is 38.4 Å². The van der Waals surface area contributed by atoms with Crippen molar-refractivity contribution in [1.29, 1.82) is 5.26 Å². The van der Waals surface area contributed by atoms with E-state index >= 15 is 0 Å². The molecule has 8 nitrogen and oxygen atoms in total. The quantitative estimate of drug-likeness (QED) is 0.340. The van der Waals surface area contributed by atoms with E-state index in [4.69, 9.17) is 19.5 Å². The van der Waals surface area contributed by atoms with Gasteiger partial charge in [-0.3, -0.25) is 14.5 Å². The van der Waals surface area contributed by atoms with Crippen molar-refractivity contribution in [2.75, 3.05) is 46.5 Å². The van der Waals surface area contributed by atoms with Crippen molar-refractivity contribution in [3.05, 3.63) is 23.8 Å². The maximum absolute atomic E-state index is 13.0. The van der Waals surface area contributed by atoms with Gasteiger partial charge in [-0.15, -0.1) is 0 Å². The highest BCUT2D eigenvalue weighted by atomic mass is 16.5. The Labute approximate surface area is 191 Å². The number of carbonyl (C=O) groups is 2. The summed E-state index contributed by atoms with van der Waals surface area (Å²) < 4.78 is 16.1. The standard InChI is InChI=1S/C24H35N3O5/c1-4-26-13-6-8-20(26)18-27(14-12-24(29)31-5-2)23(28)9-7-15-32-21-11-10-19(17-25)16-22(21)30-3/h10-11,16,20H,4-9,12-15,18H2,1-3H3. The Hall–Kier alpha value is -2.79. The van der Waals surface area contributed by atoms with E-state index in [9.17, 15) is 9.59 Å². The molecule has 8 heteroatoms. The molecule has 0 aliphatic carbocycles. The summed E-state index contributed by atoms with van der Waals surface area (Å²) in [5.74, 6) is 0.781. The minimum Gasteiger partial charge on any atom is -0.493 e. The number of hydrogen-bond acceptors (Lipinski definition) is 7. The second-order valence-electron chi connectivity index (χ2n) is 7.75. The molecule has 1 fully saturated rings. The summed E-state index contributed by atoms with van der Waals surface area (Å²) in [6.45, 7) is 7.64. The van der Waals surface area contributed by atoms with Crippen molar-refractivity contribution in [2.45, 2.75) is 52.0 Å². The molecule has 1 aliphatic rings. The van der Waals surface area contributed by atoms with Gasteiger partial charge in [0.1, 0.15) is 0 Å². The summed E-state index contributed by atoms with van der Waals surface area (Å²) >= 11 is 0. The van der Waals surface area contributed by atoms with Crippen LogP contribution in [0.2, 0.25) is 0 Å². The third-order valence-corrected chi connectivity index (χ3v) is 5.67. The van der Waals surface area contributed by atoms with Gasteiger partial charge in [0.25, 0.3) is 0 Å². The van der Waals surface area contributed by atoms with Gasteiger partial charge in [0, 0.05) is 31.6 Å². The molecule has 0 bridgehead atoms. The molecule has 176 valence electrons.